The Morgan fingerprint density at radius 2 is 1.85 bits per heavy atom. The van der Waals surface area contributed by atoms with Crippen molar-refractivity contribution < 1.29 is 9.32 Å². The van der Waals surface area contributed by atoms with Crippen molar-refractivity contribution >= 4 is 33.8 Å². The number of para-hydroxylation sites is 1. The number of carbonyl (C=O) groups is 1. The Morgan fingerprint density at radius 3 is 2.56 bits per heavy atom. The maximum atomic E-state index is 13.6. The minimum atomic E-state index is -0.207. The maximum absolute atomic E-state index is 13.6. The number of benzene rings is 1. The number of nitrogens with one attached hydrogen (secondary N) is 1. The summed E-state index contributed by atoms with van der Waals surface area (Å²) in [5.41, 5.74) is 6.03. The summed E-state index contributed by atoms with van der Waals surface area (Å²) >= 11 is 1.58. The summed E-state index contributed by atoms with van der Waals surface area (Å²) in [7, 11) is 0. The van der Waals surface area contributed by atoms with Crippen LogP contribution in [0.15, 0.2) is 40.9 Å². The number of fused-ring (bicyclic) bond motifs is 1. The molecule has 0 bridgehead atoms. The van der Waals surface area contributed by atoms with Crippen LogP contribution in [0.3, 0.4) is 0 Å². The van der Waals surface area contributed by atoms with Crippen molar-refractivity contribution in [1.82, 2.24) is 24.9 Å². The Labute approximate surface area is 200 Å². The number of rotatable bonds is 5. The van der Waals surface area contributed by atoms with Gasteiger partial charge in [0.1, 0.15) is 11.5 Å². The zero-order chi connectivity index (χ0) is 24.0. The number of aryl methyl sites for hydroxylation is 4. The first-order valence-corrected chi connectivity index (χ1v) is 11.7. The second kappa shape index (κ2) is 8.49. The van der Waals surface area contributed by atoms with Gasteiger partial charge in [-0.3, -0.25) is 9.48 Å². The van der Waals surface area contributed by atoms with Crippen molar-refractivity contribution in [2.75, 3.05) is 5.32 Å². The number of anilines is 1. The molecule has 1 aromatic carbocycles. The highest BCUT2D eigenvalue weighted by Crippen LogP contribution is 2.32. The lowest BCUT2D eigenvalue weighted by atomic mass is 10.1. The largest absolute Gasteiger partial charge is 0.361 e. The fraction of sp³-hybridized carbons (Fsp3) is 0.240. The molecule has 0 fully saturated rings. The summed E-state index contributed by atoms with van der Waals surface area (Å²) in [6.07, 6.45) is 0. The van der Waals surface area contributed by atoms with Gasteiger partial charge in [0.25, 0.3) is 5.91 Å². The van der Waals surface area contributed by atoms with Crippen molar-refractivity contribution in [1.29, 1.82) is 0 Å². The van der Waals surface area contributed by atoms with Gasteiger partial charge in [0.05, 0.1) is 56.0 Å². The van der Waals surface area contributed by atoms with E-state index in [9.17, 15) is 4.79 Å². The van der Waals surface area contributed by atoms with Gasteiger partial charge in [-0.1, -0.05) is 23.4 Å². The Bertz CT molecular complexity index is 1540. The summed E-state index contributed by atoms with van der Waals surface area (Å²) in [6, 6.07) is 11.4. The Hall–Kier alpha value is -3.85. The van der Waals surface area contributed by atoms with Gasteiger partial charge in [-0.05, 0) is 46.8 Å². The third kappa shape index (κ3) is 3.99. The maximum Gasteiger partial charge on any atom is 0.256 e. The van der Waals surface area contributed by atoms with Gasteiger partial charge in [0.2, 0.25) is 0 Å². The lowest BCUT2D eigenvalue weighted by Gasteiger charge is -2.11. The molecule has 4 heterocycles. The summed E-state index contributed by atoms with van der Waals surface area (Å²) in [6.45, 7) is 10.1. The first-order valence-electron chi connectivity index (χ1n) is 10.9. The molecular formula is C25H24N6O2S. The van der Waals surface area contributed by atoms with Crippen molar-refractivity contribution in [3.8, 4) is 10.6 Å². The van der Waals surface area contributed by atoms with Gasteiger partial charge in [-0.2, -0.15) is 5.10 Å². The van der Waals surface area contributed by atoms with E-state index in [0.29, 0.717) is 17.8 Å². The molecule has 0 unspecified atom stereocenters. The lowest BCUT2D eigenvalue weighted by Crippen LogP contribution is -2.14. The Morgan fingerprint density at radius 1 is 1.06 bits per heavy atom. The van der Waals surface area contributed by atoms with E-state index in [0.717, 1.165) is 55.0 Å². The summed E-state index contributed by atoms with van der Waals surface area (Å²) in [5, 5.41) is 13.5. The van der Waals surface area contributed by atoms with E-state index in [1.54, 1.807) is 11.3 Å². The van der Waals surface area contributed by atoms with Crippen LogP contribution in [0.1, 0.15) is 43.9 Å². The summed E-state index contributed by atoms with van der Waals surface area (Å²) < 4.78 is 6.99. The highest BCUT2D eigenvalue weighted by atomic mass is 32.1. The molecule has 1 amide bonds. The molecule has 34 heavy (non-hydrogen) atoms. The Kier molecular flexibility index (Phi) is 5.49. The van der Waals surface area contributed by atoms with E-state index in [1.165, 1.54) is 0 Å². The number of hydrogen-bond acceptors (Lipinski definition) is 7. The molecule has 1 N–H and O–H groups in total. The number of aromatic nitrogens is 5. The quantitative estimate of drug-likeness (QED) is 0.368. The van der Waals surface area contributed by atoms with E-state index in [4.69, 9.17) is 9.51 Å². The molecule has 0 saturated heterocycles. The van der Waals surface area contributed by atoms with Crippen LogP contribution in [-0.4, -0.2) is 30.8 Å². The molecule has 4 aromatic heterocycles. The van der Waals surface area contributed by atoms with Crippen molar-refractivity contribution in [2.24, 2.45) is 0 Å². The van der Waals surface area contributed by atoms with E-state index < -0.39 is 0 Å². The zero-order valence-corrected chi connectivity index (χ0v) is 20.4. The molecule has 0 aliphatic heterocycles. The monoisotopic (exact) mass is 472 g/mol. The first kappa shape index (κ1) is 22.0. The first-order chi connectivity index (χ1) is 16.3. The van der Waals surface area contributed by atoms with Crippen LogP contribution in [0.2, 0.25) is 0 Å². The number of amides is 1. The standard InChI is InChI=1S/C25H24N6O2S/c1-13-10-18(30-33-13)12-31-16(4)23(14(2)29-31)28-25(32)20-11-22(24-15(3)26-17(5)34-24)27-21-9-7-6-8-19(20)21/h6-11H,12H2,1-5H3,(H,28,32). The summed E-state index contributed by atoms with van der Waals surface area (Å²) in [4.78, 5) is 23.9. The van der Waals surface area contributed by atoms with Gasteiger partial charge in [0, 0.05) is 11.5 Å². The molecule has 0 spiro atoms. The fourth-order valence-electron chi connectivity index (χ4n) is 4.11. The molecule has 0 aliphatic rings. The average molecular weight is 473 g/mol. The highest BCUT2D eigenvalue weighted by molar-refractivity contribution is 7.15. The van der Waals surface area contributed by atoms with Crippen LogP contribution in [0.5, 0.6) is 0 Å². The fourth-order valence-corrected chi connectivity index (χ4v) is 4.99. The van der Waals surface area contributed by atoms with Crippen molar-refractivity contribution in [2.45, 2.75) is 41.2 Å². The highest BCUT2D eigenvalue weighted by Gasteiger charge is 2.20. The molecule has 5 aromatic rings. The predicted octanol–water partition coefficient (Wildman–Crippen LogP) is 5.39. The second-order valence-electron chi connectivity index (χ2n) is 8.31. The third-order valence-corrected chi connectivity index (χ3v) is 6.80. The SMILES string of the molecule is Cc1cc(Cn2nc(C)c(NC(=O)c3cc(-c4sc(C)nc4C)nc4ccccc34)c2C)no1. The molecule has 9 heteroatoms. The minimum Gasteiger partial charge on any atom is -0.361 e. The Balaban J connectivity index is 1.52. The number of pyridine rings is 1. The number of carbonyl (C=O) groups excluding carboxylic acids is 1. The van der Waals surface area contributed by atoms with E-state index in [1.807, 2.05) is 75.7 Å². The van der Waals surface area contributed by atoms with Gasteiger partial charge in [-0.15, -0.1) is 11.3 Å². The third-order valence-electron chi connectivity index (χ3n) is 5.71. The van der Waals surface area contributed by atoms with Crippen LogP contribution >= 0.6 is 11.3 Å². The van der Waals surface area contributed by atoms with Crippen LogP contribution in [0.25, 0.3) is 21.5 Å². The van der Waals surface area contributed by atoms with Gasteiger partial charge in [-0.25, -0.2) is 9.97 Å². The van der Waals surface area contributed by atoms with E-state index in [-0.39, 0.29) is 5.91 Å². The van der Waals surface area contributed by atoms with E-state index >= 15 is 0 Å². The van der Waals surface area contributed by atoms with Crippen LogP contribution in [0, 0.1) is 34.6 Å². The molecule has 8 nitrogen and oxygen atoms in total. The average Bonchev–Trinajstić information content (AvgIpc) is 3.45. The molecule has 0 saturated carbocycles. The van der Waals surface area contributed by atoms with E-state index in [2.05, 4.69) is 20.6 Å². The predicted molar refractivity (Wildman–Crippen MR) is 132 cm³/mol. The normalized spacial score (nSPS) is 11.3. The molecular weight excluding hydrogens is 448 g/mol. The molecule has 0 radical (unpaired) electrons. The topological polar surface area (TPSA) is 98.7 Å². The minimum absolute atomic E-state index is 0.207. The van der Waals surface area contributed by atoms with Crippen LogP contribution in [-0.2, 0) is 6.54 Å². The number of hydrogen-bond donors (Lipinski definition) is 1. The molecule has 0 atom stereocenters. The van der Waals surface area contributed by atoms with Crippen molar-refractivity contribution in [3.05, 3.63) is 75.5 Å². The van der Waals surface area contributed by atoms with Gasteiger partial charge >= 0.3 is 0 Å². The number of thiazole rings is 1. The van der Waals surface area contributed by atoms with Crippen LogP contribution < -0.4 is 5.32 Å². The summed E-state index contributed by atoms with van der Waals surface area (Å²) in [5.74, 6) is 0.540. The van der Waals surface area contributed by atoms with Gasteiger partial charge < -0.3 is 9.84 Å². The molecule has 172 valence electrons. The van der Waals surface area contributed by atoms with Gasteiger partial charge in [0.15, 0.2) is 0 Å². The molecule has 5 rings (SSSR count). The molecule has 0 aliphatic carbocycles. The lowest BCUT2D eigenvalue weighted by molar-refractivity contribution is 0.102. The smallest absolute Gasteiger partial charge is 0.256 e. The second-order valence-corrected chi connectivity index (χ2v) is 9.51. The van der Waals surface area contributed by atoms with Crippen LogP contribution in [0.4, 0.5) is 5.69 Å². The van der Waals surface area contributed by atoms with Crippen molar-refractivity contribution in [3.63, 3.8) is 0 Å². The number of nitrogens with zero attached hydrogens (tertiary/aromatic N) is 5. The zero-order valence-electron chi connectivity index (χ0n) is 19.6.